The molecule has 22 heavy (non-hydrogen) atoms. The van der Waals surface area contributed by atoms with Gasteiger partial charge in [0.25, 0.3) is 5.91 Å². The van der Waals surface area contributed by atoms with E-state index in [1.54, 1.807) is 0 Å². The predicted molar refractivity (Wildman–Crippen MR) is 66.8 cm³/mol. The molecule has 1 aliphatic rings. The quantitative estimate of drug-likeness (QED) is 0.800. The van der Waals surface area contributed by atoms with Crippen molar-refractivity contribution in [1.82, 2.24) is 10.2 Å². The Balaban J connectivity index is 2.06. The second-order valence-electron chi connectivity index (χ2n) is 4.86. The van der Waals surface area contributed by atoms with E-state index < -0.39 is 42.6 Å². The van der Waals surface area contributed by atoms with Crippen LogP contribution >= 0.6 is 0 Å². The highest BCUT2D eigenvalue weighted by Gasteiger charge is 2.36. The molecule has 6 nitrogen and oxygen atoms in total. The first kappa shape index (κ1) is 16.1. The summed E-state index contributed by atoms with van der Waals surface area (Å²) in [5, 5.41) is 2.62. The van der Waals surface area contributed by atoms with Crippen LogP contribution in [-0.2, 0) is 15.8 Å². The zero-order valence-electron chi connectivity index (χ0n) is 11.4. The Hall–Kier alpha value is -2.32. The fourth-order valence-electron chi connectivity index (χ4n) is 1.74. The minimum atomic E-state index is -4.71. The molecule has 120 valence electrons. The summed E-state index contributed by atoms with van der Waals surface area (Å²) in [6.45, 7) is -0.838. The number of furan rings is 1. The Bertz CT molecular complexity index is 578. The fourth-order valence-corrected chi connectivity index (χ4v) is 1.74. The number of carbonyl (C=O) groups is 3. The van der Waals surface area contributed by atoms with E-state index in [0.29, 0.717) is 12.4 Å². The Morgan fingerprint density at radius 1 is 1.36 bits per heavy atom. The molecule has 0 atom stereocenters. The first-order valence-electron chi connectivity index (χ1n) is 6.50. The molecule has 0 spiro atoms. The third kappa shape index (κ3) is 4.09. The minimum Gasteiger partial charge on any atom is -0.446 e. The van der Waals surface area contributed by atoms with Gasteiger partial charge in [-0.3, -0.25) is 9.59 Å². The minimum absolute atomic E-state index is 0.0705. The summed E-state index contributed by atoms with van der Waals surface area (Å²) in [6, 6.07) is 1.55. The molecule has 9 heteroatoms. The van der Waals surface area contributed by atoms with E-state index >= 15 is 0 Å². The number of rotatable bonds is 6. The molecule has 0 aromatic carbocycles. The molecule has 1 aromatic rings. The summed E-state index contributed by atoms with van der Waals surface area (Å²) in [5.41, 5.74) is 0. The molecule has 1 fully saturated rings. The topological polar surface area (TPSA) is 79.6 Å². The van der Waals surface area contributed by atoms with Gasteiger partial charge in [-0.2, -0.15) is 13.2 Å². The van der Waals surface area contributed by atoms with Crippen molar-refractivity contribution in [3.63, 3.8) is 0 Å². The van der Waals surface area contributed by atoms with Gasteiger partial charge < -0.3 is 19.4 Å². The van der Waals surface area contributed by atoms with Crippen LogP contribution in [0.1, 0.15) is 29.2 Å². The molecule has 2 rings (SSSR count). The summed E-state index contributed by atoms with van der Waals surface area (Å²) in [4.78, 5) is 35.1. The summed E-state index contributed by atoms with van der Waals surface area (Å²) in [6.07, 6.45) is -2.63. The third-order valence-corrected chi connectivity index (χ3v) is 2.96. The zero-order valence-corrected chi connectivity index (χ0v) is 11.4. The first-order chi connectivity index (χ1) is 10.3. The lowest BCUT2D eigenvalue weighted by Crippen LogP contribution is -2.42. The van der Waals surface area contributed by atoms with Gasteiger partial charge in [-0.1, -0.05) is 0 Å². The van der Waals surface area contributed by atoms with E-state index in [0.717, 1.165) is 23.8 Å². The number of nitrogens with one attached hydrogen (secondary N) is 1. The van der Waals surface area contributed by atoms with Crippen molar-refractivity contribution in [3.05, 3.63) is 23.7 Å². The molecular weight excluding hydrogens is 305 g/mol. The van der Waals surface area contributed by atoms with Gasteiger partial charge in [0, 0.05) is 6.04 Å². The second kappa shape index (κ2) is 6.20. The molecule has 1 heterocycles. The van der Waals surface area contributed by atoms with Gasteiger partial charge in [0.15, 0.2) is 5.76 Å². The molecule has 0 bridgehead atoms. The van der Waals surface area contributed by atoms with Crippen molar-refractivity contribution >= 4 is 18.1 Å². The van der Waals surface area contributed by atoms with Crippen molar-refractivity contribution in [2.24, 2.45) is 0 Å². The molecule has 0 aliphatic heterocycles. The second-order valence-corrected chi connectivity index (χ2v) is 4.86. The smallest absolute Gasteiger partial charge is 0.446 e. The molecular formula is C13H13F3N2O4. The molecule has 2 amide bonds. The Kier molecular flexibility index (Phi) is 4.53. The van der Waals surface area contributed by atoms with Gasteiger partial charge in [0.05, 0.1) is 6.54 Å². The lowest BCUT2D eigenvalue weighted by molar-refractivity contribution is -0.153. The van der Waals surface area contributed by atoms with E-state index in [1.807, 2.05) is 0 Å². The zero-order chi connectivity index (χ0) is 16.3. The SMILES string of the molecule is O=CCN(CC(=O)NC1CC1)C(=O)c1ccc(C(F)(F)F)o1. The highest BCUT2D eigenvalue weighted by atomic mass is 19.4. The number of carbonyl (C=O) groups excluding carboxylic acids is 3. The van der Waals surface area contributed by atoms with Crippen molar-refractivity contribution in [1.29, 1.82) is 0 Å². The summed E-state index contributed by atoms with van der Waals surface area (Å²) in [5.74, 6) is -3.31. The van der Waals surface area contributed by atoms with E-state index in [9.17, 15) is 27.6 Å². The summed E-state index contributed by atoms with van der Waals surface area (Å²) >= 11 is 0. The van der Waals surface area contributed by atoms with E-state index in [4.69, 9.17) is 0 Å². The van der Waals surface area contributed by atoms with Gasteiger partial charge >= 0.3 is 6.18 Å². The maximum absolute atomic E-state index is 12.4. The number of hydrogen-bond donors (Lipinski definition) is 1. The number of hydrogen-bond acceptors (Lipinski definition) is 4. The number of amides is 2. The Morgan fingerprint density at radius 2 is 2.05 bits per heavy atom. The molecule has 0 unspecified atom stereocenters. The summed E-state index contributed by atoms with van der Waals surface area (Å²) < 4.78 is 41.8. The lowest BCUT2D eigenvalue weighted by atomic mass is 10.3. The van der Waals surface area contributed by atoms with Crippen molar-refractivity contribution in [2.45, 2.75) is 25.1 Å². The molecule has 0 saturated heterocycles. The standard InChI is InChI=1S/C13H13F3N2O4/c14-13(15,16)10-4-3-9(22-10)12(21)18(5-6-19)7-11(20)17-8-1-2-8/h3-4,6,8H,1-2,5,7H2,(H,17,20). The fraction of sp³-hybridized carbons (Fsp3) is 0.462. The molecule has 0 radical (unpaired) electrons. The highest BCUT2D eigenvalue weighted by molar-refractivity contribution is 5.95. The van der Waals surface area contributed by atoms with Crippen LogP contribution in [0.5, 0.6) is 0 Å². The molecule has 1 aliphatic carbocycles. The maximum Gasteiger partial charge on any atom is 0.449 e. The predicted octanol–water partition coefficient (Wildman–Crippen LogP) is 1.22. The number of nitrogens with zero attached hydrogens (tertiary/aromatic N) is 1. The summed E-state index contributed by atoms with van der Waals surface area (Å²) in [7, 11) is 0. The van der Waals surface area contributed by atoms with Crippen LogP contribution in [-0.4, -0.2) is 42.1 Å². The van der Waals surface area contributed by atoms with Crippen LogP contribution in [0.25, 0.3) is 0 Å². The molecule has 1 N–H and O–H groups in total. The highest BCUT2D eigenvalue weighted by Crippen LogP contribution is 2.30. The van der Waals surface area contributed by atoms with Crippen LogP contribution in [0, 0.1) is 0 Å². The first-order valence-corrected chi connectivity index (χ1v) is 6.50. The lowest BCUT2D eigenvalue weighted by Gasteiger charge is -2.18. The van der Waals surface area contributed by atoms with Gasteiger partial charge in [-0.25, -0.2) is 0 Å². The molecule has 1 aromatic heterocycles. The van der Waals surface area contributed by atoms with E-state index in [1.165, 1.54) is 0 Å². The monoisotopic (exact) mass is 318 g/mol. The third-order valence-electron chi connectivity index (χ3n) is 2.96. The van der Waals surface area contributed by atoms with E-state index in [2.05, 4.69) is 9.73 Å². The van der Waals surface area contributed by atoms with Crippen molar-refractivity contribution in [2.75, 3.05) is 13.1 Å². The largest absolute Gasteiger partial charge is 0.449 e. The number of halogens is 3. The number of aldehydes is 1. The van der Waals surface area contributed by atoms with Gasteiger partial charge in [-0.05, 0) is 25.0 Å². The van der Waals surface area contributed by atoms with Crippen LogP contribution in [0.3, 0.4) is 0 Å². The van der Waals surface area contributed by atoms with Crippen LogP contribution in [0.4, 0.5) is 13.2 Å². The number of alkyl halides is 3. The van der Waals surface area contributed by atoms with Crippen LogP contribution in [0.15, 0.2) is 16.5 Å². The average molecular weight is 318 g/mol. The van der Waals surface area contributed by atoms with E-state index in [-0.39, 0.29) is 6.04 Å². The average Bonchev–Trinajstić information content (AvgIpc) is 3.07. The Labute approximate surface area is 123 Å². The van der Waals surface area contributed by atoms with Crippen molar-refractivity contribution in [3.8, 4) is 0 Å². The maximum atomic E-state index is 12.4. The van der Waals surface area contributed by atoms with Crippen LogP contribution in [0.2, 0.25) is 0 Å². The molecule has 1 saturated carbocycles. The van der Waals surface area contributed by atoms with Gasteiger partial charge in [0.2, 0.25) is 11.7 Å². The van der Waals surface area contributed by atoms with Crippen LogP contribution < -0.4 is 5.32 Å². The van der Waals surface area contributed by atoms with Crippen molar-refractivity contribution < 1.29 is 32.0 Å². The Morgan fingerprint density at radius 3 is 2.55 bits per heavy atom. The normalized spacial score (nSPS) is 14.5. The van der Waals surface area contributed by atoms with Gasteiger partial charge in [0.1, 0.15) is 12.8 Å². The van der Waals surface area contributed by atoms with Gasteiger partial charge in [-0.15, -0.1) is 0 Å².